The van der Waals surface area contributed by atoms with Crippen LogP contribution in [0.2, 0.25) is 0 Å². The molecule has 120 valence electrons. The van der Waals surface area contributed by atoms with Crippen LogP contribution in [0.5, 0.6) is 0 Å². The second-order valence-corrected chi connectivity index (χ2v) is 5.19. The van der Waals surface area contributed by atoms with Gasteiger partial charge in [-0.2, -0.15) is 15.6 Å². The highest BCUT2D eigenvalue weighted by atomic mass is 19.2. The van der Waals surface area contributed by atoms with Crippen molar-refractivity contribution in [2.45, 2.75) is 12.8 Å². The molecular formula is C17H11F3N4. The topological polar surface area (TPSA) is 65.4 Å². The van der Waals surface area contributed by atoms with Crippen molar-refractivity contribution >= 4 is 0 Å². The molecule has 1 heterocycles. The molecule has 2 aromatic carbocycles. The average Bonchev–Trinajstić information content (AvgIpc) is 3.06. The third-order valence-electron chi connectivity index (χ3n) is 3.63. The van der Waals surface area contributed by atoms with Gasteiger partial charge in [0.25, 0.3) is 0 Å². The number of aromatic amines is 1. The van der Waals surface area contributed by atoms with Gasteiger partial charge in [-0.05, 0) is 36.1 Å². The maximum Gasteiger partial charge on any atom is 0.190 e. The van der Waals surface area contributed by atoms with Gasteiger partial charge in [-0.15, -0.1) is 5.10 Å². The SMILES string of the molecule is N#Cc1n[nH]nc1-c1cccc(CCc2cc(F)c(F)cc2F)c1. The molecule has 0 saturated heterocycles. The summed E-state index contributed by atoms with van der Waals surface area (Å²) in [4.78, 5) is 0. The standard InChI is InChI=1S/C17H11F3N4/c18-13-8-15(20)14(19)7-11(13)5-4-10-2-1-3-12(6-10)17-16(9-21)22-24-23-17/h1-3,6-8H,4-5H2,(H,22,23,24). The summed E-state index contributed by atoms with van der Waals surface area (Å²) in [6.45, 7) is 0. The molecule has 3 aromatic rings. The molecule has 0 unspecified atom stereocenters. The molecule has 1 N–H and O–H groups in total. The number of halogens is 3. The van der Waals surface area contributed by atoms with Gasteiger partial charge in [-0.1, -0.05) is 18.2 Å². The Morgan fingerprint density at radius 3 is 2.54 bits per heavy atom. The summed E-state index contributed by atoms with van der Waals surface area (Å²) in [5.74, 6) is -3.04. The van der Waals surface area contributed by atoms with Crippen molar-refractivity contribution in [3.63, 3.8) is 0 Å². The van der Waals surface area contributed by atoms with E-state index in [4.69, 9.17) is 5.26 Å². The van der Waals surface area contributed by atoms with Gasteiger partial charge >= 0.3 is 0 Å². The number of nitriles is 1. The lowest BCUT2D eigenvalue weighted by atomic mass is 10.0. The number of rotatable bonds is 4. The van der Waals surface area contributed by atoms with Gasteiger partial charge in [0.05, 0.1) is 0 Å². The van der Waals surface area contributed by atoms with Gasteiger partial charge < -0.3 is 0 Å². The molecule has 0 aliphatic carbocycles. The minimum Gasteiger partial charge on any atom is -0.207 e. The summed E-state index contributed by atoms with van der Waals surface area (Å²) in [7, 11) is 0. The lowest BCUT2D eigenvalue weighted by Crippen LogP contribution is -1.98. The Balaban J connectivity index is 1.81. The van der Waals surface area contributed by atoms with E-state index in [1.807, 2.05) is 12.1 Å². The minimum absolute atomic E-state index is 0.110. The van der Waals surface area contributed by atoms with Gasteiger partial charge in [-0.3, -0.25) is 0 Å². The number of hydrogen-bond acceptors (Lipinski definition) is 3. The van der Waals surface area contributed by atoms with E-state index in [2.05, 4.69) is 15.4 Å². The first-order valence-corrected chi connectivity index (χ1v) is 7.12. The number of hydrogen-bond donors (Lipinski definition) is 1. The fourth-order valence-corrected chi connectivity index (χ4v) is 2.42. The molecule has 1 aromatic heterocycles. The Hall–Kier alpha value is -3.14. The van der Waals surface area contributed by atoms with Gasteiger partial charge in [-0.25, -0.2) is 13.2 Å². The minimum atomic E-state index is -1.20. The summed E-state index contributed by atoms with van der Waals surface area (Å²) in [6, 6.07) is 10.6. The lowest BCUT2D eigenvalue weighted by Gasteiger charge is -2.06. The van der Waals surface area contributed by atoms with Crippen molar-refractivity contribution < 1.29 is 13.2 Å². The normalized spacial score (nSPS) is 10.6. The Morgan fingerprint density at radius 2 is 1.75 bits per heavy atom. The second-order valence-electron chi connectivity index (χ2n) is 5.19. The molecule has 24 heavy (non-hydrogen) atoms. The van der Waals surface area contributed by atoms with Crippen molar-refractivity contribution in [1.29, 1.82) is 5.26 Å². The summed E-state index contributed by atoms with van der Waals surface area (Å²) in [6.07, 6.45) is 0.645. The Bertz CT molecular complexity index is 928. The molecule has 0 radical (unpaired) electrons. The summed E-state index contributed by atoms with van der Waals surface area (Å²) >= 11 is 0. The van der Waals surface area contributed by atoms with Crippen LogP contribution in [0.4, 0.5) is 13.2 Å². The van der Waals surface area contributed by atoms with Crippen LogP contribution in [0.3, 0.4) is 0 Å². The number of nitrogens with zero attached hydrogens (tertiary/aromatic N) is 3. The number of nitrogens with one attached hydrogen (secondary N) is 1. The molecule has 3 rings (SSSR count). The summed E-state index contributed by atoms with van der Waals surface area (Å²) in [5.41, 5.74) is 2.27. The maximum atomic E-state index is 13.7. The fourth-order valence-electron chi connectivity index (χ4n) is 2.42. The molecule has 0 aliphatic rings. The first-order chi connectivity index (χ1) is 11.6. The molecule has 4 nitrogen and oxygen atoms in total. The highest BCUT2D eigenvalue weighted by molar-refractivity contribution is 5.64. The van der Waals surface area contributed by atoms with E-state index in [-0.39, 0.29) is 17.7 Å². The van der Waals surface area contributed by atoms with Crippen LogP contribution in [0.1, 0.15) is 16.8 Å². The van der Waals surface area contributed by atoms with Gasteiger partial charge in [0, 0.05) is 11.6 Å². The van der Waals surface area contributed by atoms with E-state index in [1.54, 1.807) is 18.2 Å². The molecule has 7 heteroatoms. The average molecular weight is 328 g/mol. The van der Waals surface area contributed by atoms with E-state index in [9.17, 15) is 13.2 Å². The molecule has 0 atom stereocenters. The van der Waals surface area contributed by atoms with E-state index in [0.717, 1.165) is 11.6 Å². The van der Waals surface area contributed by atoms with Crippen molar-refractivity contribution in [1.82, 2.24) is 15.4 Å². The van der Waals surface area contributed by atoms with Crippen molar-refractivity contribution in [3.05, 3.63) is 70.7 Å². The fraction of sp³-hybridized carbons (Fsp3) is 0.118. The molecule has 0 spiro atoms. The number of aryl methyl sites for hydroxylation is 2. The quantitative estimate of drug-likeness (QED) is 0.745. The van der Waals surface area contributed by atoms with Crippen molar-refractivity contribution in [3.8, 4) is 17.3 Å². The zero-order valence-corrected chi connectivity index (χ0v) is 12.4. The lowest BCUT2D eigenvalue weighted by molar-refractivity contribution is 0.490. The van der Waals surface area contributed by atoms with Gasteiger partial charge in [0.1, 0.15) is 17.6 Å². The first-order valence-electron chi connectivity index (χ1n) is 7.12. The largest absolute Gasteiger partial charge is 0.207 e. The zero-order chi connectivity index (χ0) is 17.1. The van der Waals surface area contributed by atoms with E-state index in [0.29, 0.717) is 23.7 Å². The van der Waals surface area contributed by atoms with Crippen LogP contribution >= 0.6 is 0 Å². The molecule has 0 saturated carbocycles. The third-order valence-corrected chi connectivity index (χ3v) is 3.63. The van der Waals surface area contributed by atoms with E-state index in [1.165, 1.54) is 0 Å². The molecular weight excluding hydrogens is 317 g/mol. The van der Waals surface area contributed by atoms with Gasteiger partial charge in [0.15, 0.2) is 17.3 Å². The molecule has 0 fully saturated rings. The van der Waals surface area contributed by atoms with Crippen LogP contribution in [0, 0.1) is 28.8 Å². The number of aromatic nitrogens is 3. The van der Waals surface area contributed by atoms with Crippen LogP contribution in [0.25, 0.3) is 11.3 Å². The van der Waals surface area contributed by atoms with E-state index < -0.39 is 17.5 Å². The number of benzene rings is 2. The van der Waals surface area contributed by atoms with Crippen molar-refractivity contribution in [2.24, 2.45) is 0 Å². The van der Waals surface area contributed by atoms with E-state index >= 15 is 0 Å². The monoisotopic (exact) mass is 328 g/mol. The maximum absolute atomic E-state index is 13.7. The smallest absolute Gasteiger partial charge is 0.190 e. The predicted octanol–water partition coefficient (Wildman–Crippen LogP) is 3.55. The third kappa shape index (κ3) is 3.13. The Kier molecular flexibility index (Phi) is 4.29. The summed E-state index contributed by atoms with van der Waals surface area (Å²) in [5, 5.41) is 19.1. The highest BCUT2D eigenvalue weighted by Gasteiger charge is 2.12. The predicted molar refractivity (Wildman–Crippen MR) is 80.3 cm³/mol. The highest BCUT2D eigenvalue weighted by Crippen LogP contribution is 2.22. The Labute approximate surface area is 135 Å². The van der Waals surface area contributed by atoms with Crippen molar-refractivity contribution in [2.75, 3.05) is 0 Å². The first kappa shape index (κ1) is 15.7. The molecule has 0 amide bonds. The number of H-pyrrole nitrogens is 1. The summed E-state index contributed by atoms with van der Waals surface area (Å²) < 4.78 is 39.8. The van der Waals surface area contributed by atoms with Crippen LogP contribution in [0.15, 0.2) is 36.4 Å². The van der Waals surface area contributed by atoms with Crippen LogP contribution < -0.4 is 0 Å². The van der Waals surface area contributed by atoms with Crippen LogP contribution in [-0.4, -0.2) is 15.4 Å². The Morgan fingerprint density at radius 1 is 0.958 bits per heavy atom. The van der Waals surface area contributed by atoms with Gasteiger partial charge in [0.2, 0.25) is 0 Å². The molecule has 0 bridgehead atoms. The zero-order valence-electron chi connectivity index (χ0n) is 12.4. The second kappa shape index (κ2) is 6.54. The molecule has 0 aliphatic heterocycles. The van der Waals surface area contributed by atoms with Crippen LogP contribution in [-0.2, 0) is 12.8 Å².